The summed E-state index contributed by atoms with van der Waals surface area (Å²) >= 11 is 0. The molecule has 3 unspecified atom stereocenters. The van der Waals surface area contributed by atoms with Crippen LogP contribution < -0.4 is 5.32 Å². The van der Waals surface area contributed by atoms with E-state index in [0.717, 1.165) is 0 Å². The lowest BCUT2D eigenvalue weighted by Gasteiger charge is -2.47. The van der Waals surface area contributed by atoms with Gasteiger partial charge in [-0.3, -0.25) is 19.9 Å². The molecule has 2 saturated heterocycles. The molecule has 2 fully saturated rings. The highest BCUT2D eigenvalue weighted by molar-refractivity contribution is 6.01. The summed E-state index contributed by atoms with van der Waals surface area (Å²) in [4.78, 5) is 41.9. The Balaban J connectivity index is 1.62. The van der Waals surface area contributed by atoms with E-state index in [2.05, 4.69) is 10.3 Å². The van der Waals surface area contributed by atoms with Crippen LogP contribution in [0.3, 0.4) is 0 Å². The number of piperidine rings is 2. The van der Waals surface area contributed by atoms with Crippen molar-refractivity contribution in [3.05, 3.63) is 41.6 Å². The van der Waals surface area contributed by atoms with Crippen molar-refractivity contribution in [2.24, 2.45) is 0 Å². The standard InChI is InChI=1S/C25H30FN3O5/c1-23(2,3)34-22(32)29-10-9-25(33,24(4,26)14-29)17-5-7-19-15(12-17)11-16(13-27-19)18-6-8-20(30)28-21(18)31/h5,7,11-13,18,33H,6,8-10,14H2,1-4H3,(H,28,30,31). The van der Waals surface area contributed by atoms with Gasteiger partial charge in [0.05, 0.1) is 18.0 Å². The SMILES string of the molecule is CC(C)(C)OC(=O)N1CCC(O)(c2ccc3ncc(C4CCC(=O)NC4=O)cc3c2)C(C)(F)C1. The molecular weight excluding hydrogens is 441 g/mol. The fraction of sp³-hybridized carbons (Fsp3) is 0.520. The number of alkyl halides is 1. The summed E-state index contributed by atoms with van der Waals surface area (Å²) in [6.07, 6.45) is 1.63. The average Bonchev–Trinajstić information content (AvgIpc) is 2.73. The number of benzene rings is 1. The maximum Gasteiger partial charge on any atom is 0.410 e. The van der Waals surface area contributed by atoms with Crippen LogP contribution in [0.5, 0.6) is 0 Å². The summed E-state index contributed by atoms with van der Waals surface area (Å²) in [6, 6.07) is 6.81. The molecule has 1 aromatic heterocycles. The minimum Gasteiger partial charge on any atom is -0.444 e. The van der Waals surface area contributed by atoms with Crippen LogP contribution in [0.2, 0.25) is 0 Å². The van der Waals surface area contributed by atoms with Gasteiger partial charge in [-0.05, 0) is 63.4 Å². The number of halogens is 1. The van der Waals surface area contributed by atoms with E-state index in [9.17, 15) is 19.5 Å². The number of hydrogen-bond donors (Lipinski definition) is 2. The van der Waals surface area contributed by atoms with Crippen molar-refractivity contribution in [3.63, 3.8) is 0 Å². The fourth-order valence-electron chi connectivity index (χ4n) is 4.66. The minimum atomic E-state index is -2.13. The molecule has 0 spiro atoms. The number of rotatable bonds is 2. The molecule has 2 aliphatic heterocycles. The van der Waals surface area contributed by atoms with Crippen molar-refractivity contribution < 1.29 is 28.6 Å². The lowest BCUT2D eigenvalue weighted by molar-refractivity contribution is -0.144. The van der Waals surface area contributed by atoms with Gasteiger partial charge >= 0.3 is 6.09 Å². The molecule has 9 heteroatoms. The second-order valence-corrected chi connectivity index (χ2v) is 10.4. The van der Waals surface area contributed by atoms with Crippen molar-refractivity contribution in [2.75, 3.05) is 13.1 Å². The molecule has 8 nitrogen and oxygen atoms in total. The number of nitrogens with zero attached hydrogens (tertiary/aromatic N) is 2. The third-order valence-corrected chi connectivity index (χ3v) is 6.57. The first-order valence-corrected chi connectivity index (χ1v) is 11.4. The van der Waals surface area contributed by atoms with Gasteiger partial charge < -0.3 is 14.7 Å². The highest BCUT2D eigenvalue weighted by atomic mass is 19.1. The van der Waals surface area contributed by atoms with Crippen molar-refractivity contribution >= 4 is 28.8 Å². The molecule has 3 heterocycles. The molecule has 2 aliphatic rings. The zero-order valence-corrected chi connectivity index (χ0v) is 19.9. The molecule has 0 aliphatic carbocycles. The summed E-state index contributed by atoms with van der Waals surface area (Å²) < 4.78 is 21.3. The molecule has 0 bridgehead atoms. The maximum atomic E-state index is 15.9. The normalized spacial score (nSPS) is 28.1. The van der Waals surface area contributed by atoms with E-state index in [1.54, 1.807) is 51.2 Å². The highest BCUT2D eigenvalue weighted by Gasteiger charge is 2.54. The van der Waals surface area contributed by atoms with E-state index < -0.39 is 28.9 Å². The van der Waals surface area contributed by atoms with Gasteiger partial charge in [0.25, 0.3) is 0 Å². The van der Waals surface area contributed by atoms with E-state index in [-0.39, 0.29) is 37.7 Å². The number of aliphatic hydroxyl groups is 1. The van der Waals surface area contributed by atoms with Crippen LogP contribution >= 0.6 is 0 Å². The quantitative estimate of drug-likeness (QED) is 0.651. The van der Waals surface area contributed by atoms with E-state index in [4.69, 9.17) is 4.74 Å². The fourth-order valence-corrected chi connectivity index (χ4v) is 4.66. The Bertz CT molecular complexity index is 1160. The third-order valence-electron chi connectivity index (χ3n) is 6.57. The summed E-state index contributed by atoms with van der Waals surface area (Å²) in [7, 11) is 0. The van der Waals surface area contributed by atoms with Gasteiger partial charge in [0.1, 0.15) is 11.2 Å². The Kier molecular flexibility index (Phi) is 5.88. The minimum absolute atomic E-state index is 0.00892. The van der Waals surface area contributed by atoms with Crippen LogP contribution in [0.15, 0.2) is 30.5 Å². The molecule has 2 N–H and O–H groups in total. The number of carbonyl (C=O) groups is 3. The topological polar surface area (TPSA) is 109 Å². The highest BCUT2D eigenvalue weighted by Crippen LogP contribution is 2.44. The number of carbonyl (C=O) groups excluding carboxylic acids is 3. The number of likely N-dealkylation sites (tertiary alicyclic amines) is 1. The van der Waals surface area contributed by atoms with Crippen molar-refractivity contribution in [2.45, 2.75) is 69.7 Å². The van der Waals surface area contributed by atoms with Crippen LogP contribution in [-0.4, -0.2) is 57.3 Å². The molecule has 4 rings (SSSR count). The van der Waals surface area contributed by atoms with Crippen LogP contribution in [0.1, 0.15) is 64.0 Å². The predicted molar refractivity (Wildman–Crippen MR) is 123 cm³/mol. The second-order valence-electron chi connectivity index (χ2n) is 10.4. The van der Waals surface area contributed by atoms with Crippen LogP contribution in [0, 0.1) is 0 Å². The van der Waals surface area contributed by atoms with Crippen molar-refractivity contribution in [3.8, 4) is 0 Å². The van der Waals surface area contributed by atoms with Gasteiger partial charge in [-0.15, -0.1) is 0 Å². The van der Waals surface area contributed by atoms with E-state index >= 15 is 4.39 Å². The van der Waals surface area contributed by atoms with Gasteiger partial charge in [0.2, 0.25) is 11.8 Å². The number of amides is 3. The Hall–Kier alpha value is -3.07. The molecule has 1 aromatic carbocycles. The lowest BCUT2D eigenvalue weighted by atomic mass is 9.74. The first-order chi connectivity index (χ1) is 15.8. The predicted octanol–water partition coefficient (Wildman–Crippen LogP) is 3.31. The molecule has 0 saturated carbocycles. The summed E-state index contributed by atoms with van der Waals surface area (Å²) in [6.45, 7) is 6.33. The number of aromatic nitrogens is 1. The number of nitrogens with one attached hydrogen (secondary N) is 1. The Morgan fingerprint density at radius 3 is 2.68 bits per heavy atom. The first kappa shape index (κ1) is 24.1. The zero-order valence-electron chi connectivity index (χ0n) is 19.9. The van der Waals surface area contributed by atoms with Gasteiger partial charge in [-0.2, -0.15) is 0 Å². The molecule has 3 atom stereocenters. The third kappa shape index (κ3) is 4.49. The molecule has 3 amide bonds. The largest absolute Gasteiger partial charge is 0.444 e. The number of pyridine rings is 1. The first-order valence-electron chi connectivity index (χ1n) is 11.4. The number of ether oxygens (including phenoxy) is 1. The second kappa shape index (κ2) is 8.30. The Morgan fingerprint density at radius 1 is 1.29 bits per heavy atom. The smallest absolute Gasteiger partial charge is 0.410 e. The number of fused-ring (bicyclic) bond motifs is 1. The average molecular weight is 472 g/mol. The monoisotopic (exact) mass is 471 g/mol. The van der Waals surface area contributed by atoms with Gasteiger partial charge in [0, 0.05) is 31.0 Å². The summed E-state index contributed by atoms with van der Waals surface area (Å²) in [5.41, 5.74) is -3.01. The van der Waals surface area contributed by atoms with E-state index in [1.165, 1.54) is 11.8 Å². The molecule has 2 aromatic rings. The van der Waals surface area contributed by atoms with Crippen LogP contribution in [0.25, 0.3) is 10.9 Å². The van der Waals surface area contributed by atoms with Crippen molar-refractivity contribution in [1.82, 2.24) is 15.2 Å². The van der Waals surface area contributed by atoms with Crippen LogP contribution in [-0.2, 0) is 19.9 Å². The number of hydrogen-bond acceptors (Lipinski definition) is 6. The lowest BCUT2D eigenvalue weighted by Crippen LogP contribution is -2.60. The summed E-state index contributed by atoms with van der Waals surface area (Å²) in [5, 5.41) is 14.5. The van der Waals surface area contributed by atoms with Gasteiger partial charge in [-0.25, -0.2) is 9.18 Å². The molecular formula is C25H30FN3O5. The van der Waals surface area contributed by atoms with E-state index in [1.807, 2.05) is 0 Å². The Labute approximate surface area is 197 Å². The van der Waals surface area contributed by atoms with Gasteiger partial charge in [-0.1, -0.05) is 6.07 Å². The zero-order chi connectivity index (χ0) is 24.9. The van der Waals surface area contributed by atoms with Crippen molar-refractivity contribution in [1.29, 1.82) is 0 Å². The molecule has 0 radical (unpaired) electrons. The van der Waals surface area contributed by atoms with E-state index in [0.29, 0.717) is 28.5 Å². The maximum absolute atomic E-state index is 15.9. The summed E-state index contributed by atoms with van der Waals surface area (Å²) in [5.74, 6) is -1.15. The van der Waals surface area contributed by atoms with Gasteiger partial charge in [0.15, 0.2) is 5.67 Å². The Morgan fingerprint density at radius 2 is 2.03 bits per heavy atom. The van der Waals surface area contributed by atoms with Crippen LogP contribution in [0.4, 0.5) is 9.18 Å². The molecule has 182 valence electrons. The number of imide groups is 1. The molecule has 34 heavy (non-hydrogen) atoms.